The summed E-state index contributed by atoms with van der Waals surface area (Å²) in [7, 11) is 0. The van der Waals surface area contributed by atoms with Crippen molar-refractivity contribution >= 4 is 28.8 Å². The molecular formula is C29H30N2O3. The first-order chi connectivity index (χ1) is 16.3. The molecule has 0 bridgehead atoms. The van der Waals surface area contributed by atoms with Gasteiger partial charge in [-0.15, -0.1) is 0 Å². The molecule has 1 aliphatic heterocycles. The van der Waals surface area contributed by atoms with E-state index in [0.29, 0.717) is 34.9 Å². The summed E-state index contributed by atoms with van der Waals surface area (Å²) in [5.74, 6) is 0.00497. The van der Waals surface area contributed by atoms with Crippen molar-refractivity contribution in [3.8, 4) is 5.75 Å². The average Bonchev–Trinajstić information content (AvgIpc) is 3.03. The third-order valence-corrected chi connectivity index (χ3v) is 5.92. The number of aryl methyl sites for hydroxylation is 4. The van der Waals surface area contributed by atoms with Crippen LogP contribution in [0.4, 0.5) is 11.4 Å². The van der Waals surface area contributed by atoms with Crippen LogP contribution in [0.1, 0.15) is 41.2 Å². The van der Waals surface area contributed by atoms with Gasteiger partial charge in [0, 0.05) is 11.8 Å². The molecule has 0 aromatic heterocycles. The Kier molecular flexibility index (Phi) is 6.55. The van der Waals surface area contributed by atoms with Gasteiger partial charge in [-0.3, -0.25) is 9.59 Å². The second kappa shape index (κ2) is 9.56. The molecule has 5 nitrogen and oxygen atoms in total. The number of imide groups is 1. The molecule has 2 amide bonds. The second-order valence-corrected chi connectivity index (χ2v) is 8.84. The number of amides is 2. The lowest BCUT2D eigenvalue weighted by Crippen LogP contribution is -2.32. The Labute approximate surface area is 201 Å². The molecule has 3 aromatic carbocycles. The Morgan fingerprint density at radius 3 is 2.24 bits per heavy atom. The molecule has 1 aliphatic rings. The van der Waals surface area contributed by atoms with Crippen molar-refractivity contribution in [1.82, 2.24) is 0 Å². The van der Waals surface area contributed by atoms with Crippen LogP contribution in [0.2, 0.25) is 0 Å². The summed E-state index contributed by atoms with van der Waals surface area (Å²) in [6.45, 7) is 10.6. The van der Waals surface area contributed by atoms with Crippen LogP contribution in [0, 0.1) is 27.7 Å². The molecule has 0 spiro atoms. The number of hydrogen-bond acceptors (Lipinski definition) is 4. The van der Waals surface area contributed by atoms with E-state index in [9.17, 15) is 9.59 Å². The predicted octanol–water partition coefficient (Wildman–Crippen LogP) is 6.11. The number of rotatable bonds is 7. The van der Waals surface area contributed by atoms with Gasteiger partial charge in [0.25, 0.3) is 11.8 Å². The van der Waals surface area contributed by atoms with Crippen LogP contribution in [0.3, 0.4) is 0 Å². The Bertz CT molecular complexity index is 1290. The maximum absolute atomic E-state index is 13.7. The summed E-state index contributed by atoms with van der Waals surface area (Å²) in [6.07, 6.45) is 0.900. The number of benzene rings is 3. The van der Waals surface area contributed by atoms with Gasteiger partial charge in [-0.05, 0) is 86.2 Å². The summed E-state index contributed by atoms with van der Waals surface area (Å²) >= 11 is 0. The predicted molar refractivity (Wildman–Crippen MR) is 137 cm³/mol. The van der Waals surface area contributed by atoms with Crippen molar-refractivity contribution in [3.63, 3.8) is 0 Å². The molecule has 5 heteroatoms. The van der Waals surface area contributed by atoms with Gasteiger partial charge in [-0.2, -0.15) is 0 Å². The van der Waals surface area contributed by atoms with Crippen LogP contribution in [-0.2, 0) is 9.59 Å². The number of nitrogens with zero attached hydrogens (tertiary/aromatic N) is 1. The van der Waals surface area contributed by atoms with E-state index in [0.717, 1.165) is 28.7 Å². The van der Waals surface area contributed by atoms with Crippen LogP contribution in [0.25, 0.3) is 5.57 Å². The maximum atomic E-state index is 13.7. The van der Waals surface area contributed by atoms with Gasteiger partial charge in [-0.25, -0.2) is 4.90 Å². The first-order valence-electron chi connectivity index (χ1n) is 11.6. The lowest BCUT2D eigenvalue weighted by molar-refractivity contribution is -0.120. The molecule has 0 saturated carbocycles. The lowest BCUT2D eigenvalue weighted by atomic mass is 9.99. The number of ether oxygens (including phenoxy) is 1. The molecule has 0 aliphatic carbocycles. The van der Waals surface area contributed by atoms with Crippen LogP contribution in [-0.4, -0.2) is 18.4 Å². The summed E-state index contributed by atoms with van der Waals surface area (Å²) in [5, 5.41) is 3.24. The SMILES string of the molecule is CCCOc1cccc(NC2=C(c3ccc(C)c(C)c3)C(=O)N(c3cc(C)cc(C)c3)C2=O)c1. The zero-order valence-electron chi connectivity index (χ0n) is 20.4. The molecule has 0 radical (unpaired) electrons. The Morgan fingerprint density at radius 1 is 0.824 bits per heavy atom. The van der Waals surface area contributed by atoms with E-state index in [4.69, 9.17) is 4.74 Å². The zero-order valence-corrected chi connectivity index (χ0v) is 20.4. The fraction of sp³-hybridized carbons (Fsp3) is 0.241. The van der Waals surface area contributed by atoms with E-state index in [-0.39, 0.29) is 17.5 Å². The van der Waals surface area contributed by atoms with E-state index in [1.807, 2.05) is 95.3 Å². The largest absolute Gasteiger partial charge is 0.494 e. The standard InChI is InChI=1S/C29H30N2O3/c1-6-12-34-25-9-7-8-23(17-25)30-27-26(22-11-10-20(4)21(5)16-22)28(32)31(29(27)33)24-14-18(2)13-19(3)15-24/h7-11,13-17,30H,6,12H2,1-5H3. The highest BCUT2D eigenvalue weighted by atomic mass is 16.5. The van der Waals surface area contributed by atoms with E-state index in [1.165, 1.54) is 4.90 Å². The first-order valence-corrected chi connectivity index (χ1v) is 11.6. The maximum Gasteiger partial charge on any atom is 0.282 e. The average molecular weight is 455 g/mol. The molecule has 0 fully saturated rings. The highest BCUT2D eigenvalue weighted by Crippen LogP contribution is 2.35. The molecular weight excluding hydrogens is 424 g/mol. The van der Waals surface area contributed by atoms with Gasteiger partial charge in [0.05, 0.1) is 17.9 Å². The third kappa shape index (κ3) is 4.60. The molecule has 1 heterocycles. The normalized spacial score (nSPS) is 13.6. The Morgan fingerprint density at radius 2 is 1.56 bits per heavy atom. The Hall–Kier alpha value is -3.86. The zero-order chi connectivity index (χ0) is 24.4. The first kappa shape index (κ1) is 23.3. The quantitative estimate of drug-likeness (QED) is 0.438. The summed E-state index contributed by atoms with van der Waals surface area (Å²) in [6, 6.07) is 19.0. The van der Waals surface area contributed by atoms with E-state index >= 15 is 0 Å². The van der Waals surface area contributed by atoms with Crippen LogP contribution in [0.15, 0.2) is 66.4 Å². The van der Waals surface area contributed by atoms with Crippen LogP contribution in [0.5, 0.6) is 5.75 Å². The molecule has 34 heavy (non-hydrogen) atoms. The topological polar surface area (TPSA) is 58.6 Å². The van der Waals surface area contributed by atoms with E-state index < -0.39 is 0 Å². The van der Waals surface area contributed by atoms with Gasteiger partial charge in [0.2, 0.25) is 0 Å². The number of nitrogens with one attached hydrogen (secondary N) is 1. The van der Waals surface area contributed by atoms with Crippen molar-refractivity contribution in [1.29, 1.82) is 0 Å². The van der Waals surface area contributed by atoms with Crippen molar-refractivity contribution in [2.24, 2.45) is 0 Å². The molecule has 0 saturated heterocycles. The van der Waals surface area contributed by atoms with Gasteiger partial charge >= 0.3 is 0 Å². The minimum Gasteiger partial charge on any atom is -0.494 e. The van der Waals surface area contributed by atoms with E-state index in [2.05, 4.69) is 5.32 Å². The lowest BCUT2D eigenvalue weighted by Gasteiger charge is -2.17. The van der Waals surface area contributed by atoms with Crippen molar-refractivity contribution in [2.75, 3.05) is 16.8 Å². The van der Waals surface area contributed by atoms with Crippen LogP contribution < -0.4 is 15.0 Å². The minimum absolute atomic E-state index is 0.264. The van der Waals surface area contributed by atoms with Gasteiger partial charge in [0.15, 0.2) is 0 Å². The number of carbonyl (C=O) groups excluding carboxylic acids is 2. The van der Waals surface area contributed by atoms with E-state index in [1.54, 1.807) is 0 Å². The fourth-order valence-electron chi connectivity index (χ4n) is 4.15. The molecule has 1 N–H and O–H groups in total. The smallest absolute Gasteiger partial charge is 0.282 e. The van der Waals surface area contributed by atoms with Crippen LogP contribution >= 0.6 is 0 Å². The Balaban J connectivity index is 1.81. The number of anilines is 2. The third-order valence-electron chi connectivity index (χ3n) is 5.92. The van der Waals surface area contributed by atoms with Gasteiger partial charge in [-0.1, -0.05) is 37.3 Å². The monoisotopic (exact) mass is 454 g/mol. The minimum atomic E-state index is -0.372. The molecule has 0 unspecified atom stereocenters. The van der Waals surface area contributed by atoms with Crippen molar-refractivity contribution in [3.05, 3.63) is 94.2 Å². The fourth-order valence-corrected chi connectivity index (χ4v) is 4.15. The molecule has 4 rings (SSSR count). The highest BCUT2D eigenvalue weighted by Gasteiger charge is 2.40. The molecule has 0 atom stereocenters. The summed E-state index contributed by atoms with van der Waals surface area (Å²) < 4.78 is 5.75. The number of hydrogen-bond donors (Lipinski definition) is 1. The number of carbonyl (C=O) groups is 2. The molecule has 174 valence electrons. The molecule has 3 aromatic rings. The van der Waals surface area contributed by atoms with Gasteiger partial charge < -0.3 is 10.1 Å². The summed E-state index contributed by atoms with van der Waals surface area (Å²) in [5.41, 5.74) is 6.78. The second-order valence-electron chi connectivity index (χ2n) is 8.84. The summed E-state index contributed by atoms with van der Waals surface area (Å²) in [4.78, 5) is 28.7. The van der Waals surface area contributed by atoms with Gasteiger partial charge in [0.1, 0.15) is 11.4 Å². The van der Waals surface area contributed by atoms with Crippen molar-refractivity contribution < 1.29 is 14.3 Å². The van der Waals surface area contributed by atoms with Crippen molar-refractivity contribution in [2.45, 2.75) is 41.0 Å². The highest BCUT2D eigenvalue weighted by molar-refractivity contribution is 6.46.